The maximum atomic E-state index is 13.1. The SMILES string of the molecule is CC(C)(C)OC(=O)N[C@@H](Cc1ccccc1)C[C@H](O)[C@H](Cc1ccccc1)NC(=O)c1ccc(N)c(O)c1. The Morgan fingerprint density at radius 2 is 1.47 bits per heavy atom. The first-order valence-electron chi connectivity index (χ1n) is 12.6. The highest BCUT2D eigenvalue weighted by molar-refractivity contribution is 5.95. The van der Waals surface area contributed by atoms with Gasteiger partial charge in [0.2, 0.25) is 0 Å². The van der Waals surface area contributed by atoms with Crippen molar-refractivity contribution < 1.29 is 24.5 Å². The number of benzene rings is 3. The molecular formula is C30H37N3O5. The summed E-state index contributed by atoms with van der Waals surface area (Å²) in [5, 5.41) is 27.1. The van der Waals surface area contributed by atoms with Gasteiger partial charge in [0, 0.05) is 11.6 Å². The topological polar surface area (TPSA) is 134 Å². The van der Waals surface area contributed by atoms with Crippen molar-refractivity contribution in [1.82, 2.24) is 10.6 Å². The number of nitrogen functional groups attached to an aromatic ring is 1. The van der Waals surface area contributed by atoms with Gasteiger partial charge in [-0.3, -0.25) is 4.79 Å². The molecule has 0 bridgehead atoms. The van der Waals surface area contributed by atoms with Crippen molar-refractivity contribution in [1.29, 1.82) is 0 Å². The Labute approximate surface area is 223 Å². The van der Waals surface area contributed by atoms with Crippen LogP contribution in [0.3, 0.4) is 0 Å². The molecule has 0 heterocycles. The summed E-state index contributed by atoms with van der Waals surface area (Å²) in [5.41, 5.74) is 7.30. The second-order valence-electron chi connectivity index (χ2n) is 10.4. The number of rotatable bonds is 10. The van der Waals surface area contributed by atoms with Gasteiger partial charge in [-0.1, -0.05) is 60.7 Å². The van der Waals surface area contributed by atoms with Crippen molar-refractivity contribution in [2.45, 2.75) is 63.8 Å². The van der Waals surface area contributed by atoms with Crippen LogP contribution in [0.15, 0.2) is 78.9 Å². The number of aliphatic hydroxyl groups excluding tert-OH is 1. The average molecular weight is 520 g/mol. The molecule has 0 spiro atoms. The van der Waals surface area contributed by atoms with Crippen LogP contribution >= 0.6 is 0 Å². The number of aromatic hydroxyl groups is 1. The molecule has 8 nitrogen and oxygen atoms in total. The van der Waals surface area contributed by atoms with Crippen LogP contribution in [0.2, 0.25) is 0 Å². The van der Waals surface area contributed by atoms with Gasteiger partial charge in [0.25, 0.3) is 5.91 Å². The fourth-order valence-electron chi connectivity index (χ4n) is 4.11. The number of aliphatic hydroxyl groups is 1. The van der Waals surface area contributed by atoms with Crippen LogP contribution in [0.5, 0.6) is 5.75 Å². The smallest absolute Gasteiger partial charge is 0.407 e. The summed E-state index contributed by atoms with van der Waals surface area (Å²) >= 11 is 0. The Bertz CT molecular complexity index is 1200. The van der Waals surface area contributed by atoms with Crippen LogP contribution in [0.4, 0.5) is 10.5 Å². The average Bonchev–Trinajstić information content (AvgIpc) is 2.85. The minimum atomic E-state index is -1.01. The largest absolute Gasteiger partial charge is 0.506 e. The molecule has 3 aromatic rings. The first-order valence-corrected chi connectivity index (χ1v) is 12.6. The van der Waals surface area contributed by atoms with Crippen molar-refractivity contribution in [2.24, 2.45) is 0 Å². The molecule has 0 aromatic heterocycles. The summed E-state index contributed by atoms with van der Waals surface area (Å²) in [5.74, 6) is -0.651. The van der Waals surface area contributed by atoms with E-state index in [0.29, 0.717) is 12.8 Å². The summed E-state index contributed by atoms with van der Waals surface area (Å²) in [6.45, 7) is 5.36. The van der Waals surface area contributed by atoms with Gasteiger partial charge in [-0.15, -0.1) is 0 Å². The minimum absolute atomic E-state index is 0.166. The zero-order valence-corrected chi connectivity index (χ0v) is 22.1. The second kappa shape index (κ2) is 13.0. The molecule has 3 rings (SSSR count). The molecule has 38 heavy (non-hydrogen) atoms. The Balaban J connectivity index is 1.81. The number of phenolic OH excluding ortho intramolecular Hbond substituents is 1. The van der Waals surface area contributed by atoms with Gasteiger partial charge < -0.3 is 31.3 Å². The molecule has 0 saturated heterocycles. The summed E-state index contributed by atoms with van der Waals surface area (Å²) in [7, 11) is 0. The van der Waals surface area contributed by atoms with Gasteiger partial charge in [-0.2, -0.15) is 0 Å². The van der Waals surface area contributed by atoms with Gasteiger partial charge in [0.05, 0.1) is 17.8 Å². The van der Waals surface area contributed by atoms with Crippen LogP contribution in [0.25, 0.3) is 0 Å². The van der Waals surface area contributed by atoms with Gasteiger partial charge in [0.1, 0.15) is 11.4 Å². The van der Waals surface area contributed by atoms with E-state index in [1.54, 1.807) is 20.8 Å². The first kappa shape index (κ1) is 28.5. The number of ether oxygens (including phenoxy) is 1. The first-order chi connectivity index (χ1) is 18.0. The fraction of sp³-hybridized carbons (Fsp3) is 0.333. The second-order valence-corrected chi connectivity index (χ2v) is 10.4. The van der Waals surface area contributed by atoms with Gasteiger partial charge in [0.15, 0.2) is 0 Å². The zero-order chi connectivity index (χ0) is 27.7. The van der Waals surface area contributed by atoms with Crippen molar-refractivity contribution >= 4 is 17.7 Å². The predicted octanol–water partition coefficient (Wildman–Crippen LogP) is 4.20. The van der Waals surface area contributed by atoms with E-state index in [4.69, 9.17) is 10.5 Å². The highest BCUT2D eigenvalue weighted by Gasteiger charge is 2.28. The molecule has 0 radical (unpaired) electrons. The van der Waals surface area contributed by atoms with E-state index in [9.17, 15) is 19.8 Å². The predicted molar refractivity (Wildman–Crippen MR) is 148 cm³/mol. The zero-order valence-electron chi connectivity index (χ0n) is 22.1. The van der Waals surface area contributed by atoms with Crippen LogP contribution in [0, 0.1) is 0 Å². The molecule has 8 heteroatoms. The lowest BCUT2D eigenvalue weighted by Crippen LogP contribution is -2.49. The molecule has 3 atom stereocenters. The number of hydrogen-bond donors (Lipinski definition) is 5. The van der Waals surface area contributed by atoms with Crippen LogP contribution in [-0.4, -0.2) is 46.0 Å². The van der Waals surface area contributed by atoms with Crippen molar-refractivity contribution in [3.63, 3.8) is 0 Å². The van der Waals surface area contributed by atoms with Gasteiger partial charge >= 0.3 is 6.09 Å². The summed E-state index contributed by atoms with van der Waals surface area (Å²) in [4.78, 5) is 25.7. The maximum absolute atomic E-state index is 13.1. The molecule has 0 aliphatic rings. The van der Waals surface area contributed by atoms with E-state index in [1.165, 1.54) is 18.2 Å². The van der Waals surface area contributed by atoms with E-state index in [-0.39, 0.29) is 23.4 Å². The summed E-state index contributed by atoms with van der Waals surface area (Å²) in [6.07, 6.45) is -0.593. The number of anilines is 1. The number of nitrogens with one attached hydrogen (secondary N) is 2. The number of phenols is 1. The monoisotopic (exact) mass is 519 g/mol. The molecular weight excluding hydrogens is 482 g/mol. The van der Waals surface area contributed by atoms with Gasteiger partial charge in [-0.25, -0.2) is 4.79 Å². The number of amides is 2. The molecule has 0 saturated carbocycles. The third-order valence-corrected chi connectivity index (χ3v) is 5.94. The molecule has 3 aromatic carbocycles. The molecule has 202 valence electrons. The Kier molecular flexibility index (Phi) is 9.73. The molecule has 2 amide bonds. The Morgan fingerprint density at radius 3 is 2.03 bits per heavy atom. The van der Waals surface area contributed by atoms with Crippen molar-refractivity contribution in [3.05, 3.63) is 95.6 Å². The molecule has 0 unspecified atom stereocenters. The maximum Gasteiger partial charge on any atom is 0.407 e. The number of nitrogens with two attached hydrogens (primary N) is 1. The van der Waals surface area contributed by atoms with Gasteiger partial charge in [-0.05, 0) is 69.4 Å². The molecule has 0 aliphatic carbocycles. The fourth-order valence-corrected chi connectivity index (χ4v) is 4.11. The number of carbonyl (C=O) groups is 2. The lowest BCUT2D eigenvalue weighted by atomic mass is 9.93. The minimum Gasteiger partial charge on any atom is -0.506 e. The van der Waals surface area contributed by atoms with Crippen LogP contribution in [-0.2, 0) is 17.6 Å². The highest BCUT2D eigenvalue weighted by atomic mass is 16.6. The third kappa shape index (κ3) is 9.12. The molecule has 0 aliphatic heterocycles. The number of carbonyl (C=O) groups excluding carboxylic acids is 2. The van der Waals surface area contributed by atoms with Crippen molar-refractivity contribution in [2.75, 3.05) is 5.73 Å². The Hall–Kier alpha value is -4.04. The van der Waals surface area contributed by atoms with Crippen molar-refractivity contribution in [3.8, 4) is 5.75 Å². The highest BCUT2D eigenvalue weighted by Crippen LogP contribution is 2.21. The third-order valence-electron chi connectivity index (χ3n) is 5.94. The van der Waals surface area contributed by atoms with E-state index in [0.717, 1.165) is 11.1 Å². The molecule has 0 fully saturated rings. The van der Waals surface area contributed by atoms with E-state index in [2.05, 4.69) is 10.6 Å². The summed E-state index contributed by atoms with van der Waals surface area (Å²) < 4.78 is 5.45. The lowest BCUT2D eigenvalue weighted by molar-refractivity contribution is 0.0463. The van der Waals surface area contributed by atoms with Crippen LogP contribution < -0.4 is 16.4 Å². The van der Waals surface area contributed by atoms with E-state index in [1.807, 2.05) is 60.7 Å². The quantitative estimate of drug-likeness (QED) is 0.201. The molecule has 6 N–H and O–H groups in total. The Morgan fingerprint density at radius 1 is 0.895 bits per heavy atom. The normalized spacial score (nSPS) is 13.7. The standard InChI is InChI=1S/C30H37N3O5/c1-30(2,3)38-29(37)32-23(16-20-10-6-4-7-11-20)19-27(35)25(17-21-12-8-5-9-13-21)33-28(36)22-14-15-24(31)26(34)18-22/h4-15,18,23,25,27,34-35H,16-17,19,31H2,1-3H3,(H,32,37)(H,33,36)/t23-,25-,27-/m0/s1. The van der Waals surface area contributed by atoms with Crippen LogP contribution in [0.1, 0.15) is 48.7 Å². The lowest BCUT2D eigenvalue weighted by Gasteiger charge is -2.29. The number of hydrogen-bond acceptors (Lipinski definition) is 6. The van der Waals surface area contributed by atoms with E-state index >= 15 is 0 Å². The number of alkyl carbamates (subject to hydrolysis) is 1. The summed E-state index contributed by atoms with van der Waals surface area (Å²) in [6, 6.07) is 22.3. The van der Waals surface area contributed by atoms with E-state index < -0.39 is 35.8 Å².